The van der Waals surface area contributed by atoms with Crippen LogP contribution in [-0.4, -0.2) is 19.1 Å². The largest absolute Gasteiger partial charge is 0.469 e. The van der Waals surface area contributed by atoms with Crippen molar-refractivity contribution in [2.24, 2.45) is 0 Å². The van der Waals surface area contributed by atoms with Gasteiger partial charge in [-0.15, -0.1) is 22.7 Å². The Morgan fingerprint density at radius 1 is 0.295 bits per heavy atom. The molecule has 0 saturated carbocycles. The van der Waals surface area contributed by atoms with Crippen molar-refractivity contribution in [3.8, 4) is 0 Å². The first kappa shape index (κ1) is 81.7. The fourth-order valence-corrected chi connectivity index (χ4v) is 7.42. The number of benzene rings is 1. The van der Waals surface area contributed by atoms with Crippen molar-refractivity contribution in [1.82, 2.24) is 19.1 Å². The van der Waals surface area contributed by atoms with Gasteiger partial charge in [-0.2, -0.15) is 8.75 Å². The van der Waals surface area contributed by atoms with Crippen LogP contribution >= 0.6 is 45.7 Å². The minimum absolute atomic E-state index is 0.919. The van der Waals surface area contributed by atoms with Crippen LogP contribution < -0.4 is 0 Å². The molecule has 0 amide bonds. The summed E-state index contributed by atoms with van der Waals surface area (Å²) >= 11 is 6.77. The Morgan fingerprint density at radius 3 is 0.667 bits per heavy atom. The van der Waals surface area contributed by atoms with E-state index in [-0.39, 0.29) is 0 Å². The van der Waals surface area contributed by atoms with E-state index in [1.807, 2.05) is 164 Å². The molecule has 0 aliphatic carbocycles. The average molecular weight is 1150 g/mol. The van der Waals surface area contributed by atoms with Crippen LogP contribution in [0.1, 0.15) is 190 Å². The summed E-state index contributed by atoms with van der Waals surface area (Å²) in [6.07, 6.45) is 3.40. The summed E-state index contributed by atoms with van der Waals surface area (Å²) in [5, 5.41) is 11.7. The molecule has 0 fully saturated rings. The lowest BCUT2D eigenvalue weighted by molar-refractivity contribution is 0.392. The zero-order valence-electron chi connectivity index (χ0n) is 55.0. The number of aromatic nitrogens is 4. The maximum Gasteiger partial charge on any atom is 0.136 e. The van der Waals surface area contributed by atoms with Crippen LogP contribution in [-0.2, 0) is 0 Å². The standard InChI is InChI=1S/C8H10.2C6H9NO.2C6H9NS.2C6H8O.2C6H8S.5C2H6/c1-7-5-3-4-6-8(7)2;4*1-4-5(2)7-8-6(4)3;4*1-5-3-4-7-6(5)2;5*1-2/h3-6H,1-2H3;4*1-3H3;4*3-4H,1-2H3;5*1-2H3. The molecule has 1 aromatic carbocycles. The molecule has 78 heavy (non-hydrogen) atoms. The zero-order valence-corrected chi connectivity index (χ0v) is 58.2. The van der Waals surface area contributed by atoms with Crippen LogP contribution in [0.3, 0.4) is 0 Å². The highest BCUT2D eigenvalue weighted by Crippen LogP contribution is 2.16. The highest BCUT2D eigenvalue weighted by atomic mass is 32.1. The molecule has 8 aromatic heterocycles. The SMILES string of the molecule is CC.CC.CC.CC.CC.Cc1ccccc1C.Cc1ccoc1C.Cc1ccoc1C.Cc1ccsc1C.Cc1ccsc1C.Cc1noc(C)c1C.Cc1noc(C)c1C.Cc1nsc(C)c1C.Cc1nsc(C)c1C. The van der Waals surface area contributed by atoms with Gasteiger partial charge in [-0.3, -0.25) is 0 Å². The van der Waals surface area contributed by atoms with Gasteiger partial charge in [0.1, 0.15) is 23.0 Å². The first-order valence-corrected chi connectivity index (χ1v) is 30.8. The Balaban J connectivity index is -0.000000251. The molecule has 0 bridgehead atoms. The Hall–Kier alpha value is -5.14. The van der Waals surface area contributed by atoms with Gasteiger partial charge >= 0.3 is 0 Å². The van der Waals surface area contributed by atoms with Crippen molar-refractivity contribution in [3.63, 3.8) is 0 Å². The van der Waals surface area contributed by atoms with Crippen LogP contribution in [0.4, 0.5) is 0 Å². The van der Waals surface area contributed by atoms with Gasteiger partial charge in [-0.05, 0) is 255 Å². The fraction of sp³-hybridized carbons (Fsp3) is 0.485. The van der Waals surface area contributed by atoms with E-state index < -0.39 is 0 Å². The summed E-state index contributed by atoms with van der Waals surface area (Å²) in [6.45, 7) is 64.9. The topological polar surface area (TPSA) is 104 Å². The molecule has 0 aliphatic heterocycles. The quantitative estimate of drug-likeness (QED) is 0.148. The van der Waals surface area contributed by atoms with Crippen LogP contribution in [0.5, 0.6) is 0 Å². The van der Waals surface area contributed by atoms with E-state index in [0.717, 1.165) is 45.6 Å². The third kappa shape index (κ3) is 36.1. The molecule has 9 rings (SSSR count). The fourth-order valence-electron chi connectivity index (χ4n) is 4.57. The Labute approximate surface area is 493 Å². The molecule has 9 aromatic rings. The van der Waals surface area contributed by atoms with E-state index in [2.05, 4.69) is 135 Å². The molecule has 0 N–H and O–H groups in total. The second kappa shape index (κ2) is 50.1. The monoisotopic (exact) mass is 1150 g/mol. The Kier molecular flexibility index (Phi) is 52.5. The lowest BCUT2D eigenvalue weighted by Gasteiger charge is -1.93. The lowest BCUT2D eigenvalue weighted by Crippen LogP contribution is -1.74. The number of rotatable bonds is 0. The predicted octanol–water partition coefficient (Wildman–Crippen LogP) is 23.3. The minimum Gasteiger partial charge on any atom is -0.469 e. The van der Waals surface area contributed by atoms with Crippen molar-refractivity contribution in [3.05, 3.63) is 193 Å². The first-order valence-electron chi connectivity index (χ1n) is 27.5. The van der Waals surface area contributed by atoms with Crippen molar-refractivity contribution in [1.29, 1.82) is 0 Å². The number of thiophene rings is 2. The molecule has 0 spiro atoms. The number of aryl methyl sites for hydroxylation is 18. The maximum atomic E-state index is 4.96. The highest BCUT2D eigenvalue weighted by molar-refractivity contribution is 7.10. The van der Waals surface area contributed by atoms with Crippen LogP contribution in [0.15, 0.2) is 89.7 Å². The second-order valence-corrected chi connectivity index (χ2v) is 20.7. The van der Waals surface area contributed by atoms with E-state index in [1.54, 1.807) is 58.3 Å². The van der Waals surface area contributed by atoms with Gasteiger partial charge < -0.3 is 17.9 Å². The van der Waals surface area contributed by atoms with Gasteiger partial charge in [0.25, 0.3) is 0 Å². The van der Waals surface area contributed by atoms with E-state index in [4.69, 9.17) is 17.9 Å². The molecule has 0 unspecified atom stereocenters. The summed E-state index contributed by atoms with van der Waals surface area (Å²) in [5.74, 6) is 3.87. The summed E-state index contributed by atoms with van der Waals surface area (Å²) in [5.41, 5.74) is 17.3. The van der Waals surface area contributed by atoms with E-state index in [0.29, 0.717) is 0 Å². The normalized spacial score (nSPS) is 8.77. The lowest BCUT2D eigenvalue weighted by atomic mass is 10.1. The summed E-state index contributed by atoms with van der Waals surface area (Å²) in [6, 6.07) is 16.5. The molecule has 8 nitrogen and oxygen atoms in total. The zero-order chi connectivity index (χ0) is 61.7. The smallest absolute Gasteiger partial charge is 0.136 e. The number of nitrogens with zero attached hydrogens (tertiary/aromatic N) is 4. The van der Waals surface area contributed by atoms with E-state index in [1.165, 1.54) is 75.4 Å². The van der Waals surface area contributed by atoms with Crippen molar-refractivity contribution in [2.75, 3.05) is 0 Å². The molecule has 440 valence electrons. The van der Waals surface area contributed by atoms with Crippen molar-refractivity contribution in [2.45, 2.75) is 222 Å². The van der Waals surface area contributed by atoms with Gasteiger partial charge in [-0.1, -0.05) is 104 Å². The van der Waals surface area contributed by atoms with Crippen molar-refractivity contribution >= 4 is 45.7 Å². The third-order valence-corrected chi connectivity index (χ3v) is 15.2. The number of hydrogen-bond acceptors (Lipinski definition) is 12. The van der Waals surface area contributed by atoms with Gasteiger partial charge in [0, 0.05) is 30.6 Å². The van der Waals surface area contributed by atoms with E-state index >= 15 is 0 Å². The highest BCUT2D eigenvalue weighted by Gasteiger charge is 2.02. The molecule has 0 atom stereocenters. The predicted molar refractivity (Wildman–Crippen MR) is 351 cm³/mol. The molecule has 0 saturated heterocycles. The Morgan fingerprint density at radius 2 is 0.590 bits per heavy atom. The number of hydrogen-bond donors (Lipinski definition) is 0. The molecule has 12 heteroatoms. The average Bonchev–Trinajstić information content (AvgIpc) is 4.39. The summed E-state index contributed by atoms with van der Waals surface area (Å²) < 4.78 is 27.9. The van der Waals surface area contributed by atoms with E-state index in [9.17, 15) is 0 Å². The summed E-state index contributed by atoms with van der Waals surface area (Å²) in [4.78, 5) is 5.53. The third-order valence-electron chi connectivity index (χ3n) is 11.5. The second-order valence-electron chi connectivity index (χ2n) is 16.5. The van der Waals surface area contributed by atoms with Gasteiger partial charge in [0.05, 0.1) is 35.3 Å². The van der Waals surface area contributed by atoms with Crippen LogP contribution in [0.2, 0.25) is 0 Å². The summed E-state index contributed by atoms with van der Waals surface area (Å²) in [7, 11) is 0. The first-order chi connectivity index (χ1) is 36.9. The maximum absolute atomic E-state index is 4.96. The number of furan rings is 2. The molecule has 8 heterocycles. The van der Waals surface area contributed by atoms with Gasteiger partial charge in [0.2, 0.25) is 0 Å². The molecule has 0 aliphatic rings. The Bertz CT molecular complexity index is 2260. The molecular weight excluding hydrogens is 1040 g/mol. The minimum atomic E-state index is 0.919. The van der Waals surface area contributed by atoms with Gasteiger partial charge in [-0.25, -0.2) is 0 Å². The van der Waals surface area contributed by atoms with Crippen molar-refractivity contribution < 1.29 is 17.9 Å². The van der Waals surface area contributed by atoms with Crippen LogP contribution in [0, 0.1) is 152 Å². The van der Waals surface area contributed by atoms with Gasteiger partial charge in [0.15, 0.2) is 0 Å². The molecular formula is C66H108N4O4S4. The van der Waals surface area contributed by atoms with Crippen LogP contribution in [0.25, 0.3) is 0 Å². The molecule has 0 radical (unpaired) electrons.